The van der Waals surface area contributed by atoms with Crippen LogP contribution in [-0.4, -0.2) is 0 Å². The summed E-state index contributed by atoms with van der Waals surface area (Å²) in [5, 5.41) is 0. The molecule has 0 aromatic carbocycles. The van der Waals surface area contributed by atoms with Crippen molar-refractivity contribution in [3.8, 4) is 0 Å². The first-order chi connectivity index (χ1) is 6.91. The molecular formula is C14H24. The third-order valence-corrected chi connectivity index (χ3v) is 2.05. The molecule has 80 valence electrons. The Morgan fingerprint density at radius 3 is 2.07 bits per heavy atom. The van der Waals surface area contributed by atoms with E-state index in [1.54, 1.807) is 0 Å². The molecule has 0 radical (unpaired) electrons. The second-order valence-corrected chi connectivity index (χ2v) is 3.50. The highest BCUT2D eigenvalue weighted by atomic mass is 13.9. The fraction of sp³-hybridized carbons (Fsp3) is 0.571. The predicted molar refractivity (Wildman–Crippen MR) is 66.5 cm³/mol. The Balaban J connectivity index is 3.13. The zero-order chi connectivity index (χ0) is 10.5. The van der Waals surface area contributed by atoms with E-state index in [2.05, 4.69) is 43.4 Å². The molecule has 0 nitrogen and oxygen atoms in total. The fourth-order valence-electron chi connectivity index (χ4n) is 1.21. The smallest absolute Gasteiger partial charge is 0.0347 e. The summed E-state index contributed by atoms with van der Waals surface area (Å²) in [6, 6.07) is 0. The number of unbranched alkanes of at least 4 members (excludes halogenated alkanes) is 4. The third kappa shape index (κ3) is 11.2. The van der Waals surface area contributed by atoms with Crippen molar-refractivity contribution in [1.29, 1.82) is 0 Å². The largest absolute Gasteiger partial charge is 0.0885 e. The lowest BCUT2D eigenvalue weighted by Gasteiger charge is -1.92. The lowest BCUT2D eigenvalue weighted by Crippen LogP contribution is -1.72. The summed E-state index contributed by atoms with van der Waals surface area (Å²) >= 11 is 0. The number of hydrogen-bond acceptors (Lipinski definition) is 0. The summed E-state index contributed by atoms with van der Waals surface area (Å²) in [5.74, 6) is 0. The van der Waals surface area contributed by atoms with Gasteiger partial charge < -0.3 is 0 Å². The summed E-state index contributed by atoms with van der Waals surface area (Å²) in [6.07, 6.45) is 20.7. The van der Waals surface area contributed by atoms with E-state index < -0.39 is 0 Å². The molecule has 0 aliphatic rings. The second-order valence-electron chi connectivity index (χ2n) is 3.50. The molecule has 0 heteroatoms. The molecule has 0 bridgehead atoms. The molecule has 0 atom stereocenters. The van der Waals surface area contributed by atoms with Gasteiger partial charge in [0, 0.05) is 0 Å². The van der Waals surface area contributed by atoms with Gasteiger partial charge in [0.15, 0.2) is 0 Å². The molecule has 0 saturated heterocycles. The third-order valence-electron chi connectivity index (χ3n) is 2.05. The Hall–Kier alpha value is -0.780. The highest BCUT2D eigenvalue weighted by Gasteiger charge is 1.82. The summed E-state index contributed by atoms with van der Waals surface area (Å²) in [5.41, 5.74) is 0. The minimum absolute atomic E-state index is 1.21. The fourth-order valence-corrected chi connectivity index (χ4v) is 1.21. The summed E-state index contributed by atoms with van der Waals surface area (Å²) in [7, 11) is 0. The predicted octanol–water partition coefficient (Wildman–Crippen LogP) is 5.04. The maximum absolute atomic E-state index is 2.32. The van der Waals surface area contributed by atoms with Crippen molar-refractivity contribution in [3.63, 3.8) is 0 Å². The normalized spacial score (nSPS) is 12.4. The molecular weight excluding hydrogens is 168 g/mol. The van der Waals surface area contributed by atoms with Crippen LogP contribution in [0.15, 0.2) is 36.5 Å². The van der Waals surface area contributed by atoms with Crippen LogP contribution in [0.4, 0.5) is 0 Å². The summed E-state index contributed by atoms with van der Waals surface area (Å²) in [4.78, 5) is 0. The van der Waals surface area contributed by atoms with Gasteiger partial charge in [0.1, 0.15) is 0 Å². The molecule has 0 fully saturated rings. The molecule has 14 heavy (non-hydrogen) atoms. The maximum atomic E-state index is 2.32. The van der Waals surface area contributed by atoms with Gasteiger partial charge in [-0.3, -0.25) is 0 Å². The molecule has 0 heterocycles. The van der Waals surface area contributed by atoms with Crippen molar-refractivity contribution in [2.75, 3.05) is 0 Å². The van der Waals surface area contributed by atoms with Gasteiger partial charge in [0.2, 0.25) is 0 Å². The lowest BCUT2D eigenvalue weighted by molar-refractivity contribution is 0.759. The van der Waals surface area contributed by atoms with Crippen molar-refractivity contribution < 1.29 is 0 Å². The van der Waals surface area contributed by atoms with Gasteiger partial charge in [-0.15, -0.1) is 0 Å². The van der Waals surface area contributed by atoms with Crippen molar-refractivity contribution in [2.45, 2.75) is 52.4 Å². The van der Waals surface area contributed by atoms with Gasteiger partial charge in [-0.05, 0) is 39.0 Å². The van der Waals surface area contributed by atoms with Crippen LogP contribution >= 0.6 is 0 Å². The number of rotatable bonds is 8. The van der Waals surface area contributed by atoms with Gasteiger partial charge >= 0.3 is 0 Å². The van der Waals surface area contributed by atoms with Crippen LogP contribution in [0, 0.1) is 0 Å². The van der Waals surface area contributed by atoms with Gasteiger partial charge in [0.25, 0.3) is 0 Å². The Kier molecular flexibility index (Phi) is 11.5. The molecule has 0 aromatic rings. The van der Waals surface area contributed by atoms with Crippen LogP contribution in [0.5, 0.6) is 0 Å². The van der Waals surface area contributed by atoms with Crippen LogP contribution in [0.25, 0.3) is 0 Å². The Bertz CT molecular complexity index is 172. The van der Waals surface area contributed by atoms with E-state index in [4.69, 9.17) is 0 Å². The maximum Gasteiger partial charge on any atom is -0.0347 e. The topological polar surface area (TPSA) is 0 Å². The van der Waals surface area contributed by atoms with Crippen molar-refractivity contribution >= 4 is 0 Å². The Labute approximate surface area is 89.4 Å². The van der Waals surface area contributed by atoms with E-state index in [0.29, 0.717) is 0 Å². The van der Waals surface area contributed by atoms with E-state index in [0.717, 1.165) is 0 Å². The van der Waals surface area contributed by atoms with E-state index in [-0.39, 0.29) is 0 Å². The first kappa shape index (κ1) is 13.2. The zero-order valence-corrected chi connectivity index (χ0v) is 9.71. The highest BCUT2D eigenvalue weighted by Crippen LogP contribution is 2.02. The SMILES string of the molecule is CC=CC=CCCCCC=CCCC. The molecule has 0 aromatic heterocycles. The van der Waals surface area contributed by atoms with Crippen LogP contribution in [0.1, 0.15) is 52.4 Å². The van der Waals surface area contributed by atoms with Crippen molar-refractivity contribution in [1.82, 2.24) is 0 Å². The minimum Gasteiger partial charge on any atom is -0.0885 e. The van der Waals surface area contributed by atoms with Gasteiger partial charge in [-0.2, -0.15) is 0 Å². The summed E-state index contributed by atoms with van der Waals surface area (Å²) in [6.45, 7) is 4.26. The molecule has 0 amide bonds. The number of hydrogen-bond donors (Lipinski definition) is 0. The van der Waals surface area contributed by atoms with E-state index in [1.807, 2.05) is 6.92 Å². The van der Waals surface area contributed by atoms with E-state index in [1.165, 1.54) is 38.5 Å². The summed E-state index contributed by atoms with van der Waals surface area (Å²) < 4.78 is 0. The van der Waals surface area contributed by atoms with Crippen LogP contribution in [0.3, 0.4) is 0 Å². The average molecular weight is 192 g/mol. The molecule has 0 saturated carbocycles. The Morgan fingerprint density at radius 1 is 0.786 bits per heavy atom. The zero-order valence-electron chi connectivity index (χ0n) is 9.71. The quantitative estimate of drug-likeness (QED) is 0.287. The van der Waals surface area contributed by atoms with Crippen LogP contribution < -0.4 is 0 Å². The highest BCUT2D eigenvalue weighted by molar-refractivity contribution is 5.00. The average Bonchev–Trinajstić information content (AvgIpc) is 2.21. The molecule has 0 aliphatic heterocycles. The van der Waals surface area contributed by atoms with Gasteiger partial charge in [0.05, 0.1) is 0 Å². The number of allylic oxidation sites excluding steroid dienone is 6. The van der Waals surface area contributed by atoms with Gasteiger partial charge in [-0.25, -0.2) is 0 Å². The monoisotopic (exact) mass is 192 g/mol. The van der Waals surface area contributed by atoms with Crippen LogP contribution in [0.2, 0.25) is 0 Å². The standard InChI is InChI=1S/C14H24/c1-3-5-7-9-11-13-14-12-10-8-6-4-2/h3,5,7-10H,4,6,11-14H2,1-2H3. The van der Waals surface area contributed by atoms with E-state index in [9.17, 15) is 0 Å². The van der Waals surface area contributed by atoms with Gasteiger partial charge in [-0.1, -0.05) is 49.8 Å². The molecule has 0 N–H and O–H groups in total. The molecule has 0 rings (SSSR count). The van der Waals surface area contributed by atoms with Crippen molar-refractivity contribution in [3.05, 3.63) is 36.5 Å². The van der Waals surface area contributed by atoms with E-state index >= 15 is 0 Å². The van der Waals surface area contributed by atoms with Crippen LogP contribution in [-0.2, 0) is 0 Å². The molecule has 0 spiro atoms. The first-order valence-electron chi connectivity index (χ1n) is 5.84. The minimum atomic E-state index is 1.21. The van der Waals surface area contributed by atoms with Crippen molar-refractivity contribution in [2.24, 2.45) is 0 Å². The second kappa shape index (κ2) is 12.2. The molecule has 0 unspecified atom stereocenters. The molecule has 0 aliphatic carbocycles. The Morgan fingerprint density at radius 2 is 1.43 bits per heavy atom. The first-order valence-corrected chi connectivity index (χ1v) is 5.84. The lowest BCUT2D eigenvalue weighted by atomic mass is 10.1.